The molecule has 1 aromatic heterocycles. The number of hydrogen-bond donors (Lipinski definition) is 0. The second kappa shape index (κ2) is 8.02. The van der Waals surface area contributed by atoms with Crippen LogP contribution in [-0.4, -0.2) is 33.4 Å². The van der Waals surface area contributed by atoms with Gasteiger partial charge in [-0.2, -0.15) is 0 Å². The van der Waals surface area contributed by atoms with Gasteiger partial charge in [0.1, 0.15) is 11.3 Å². The second-order valence-corrected chi connectivity index (χ2v) is 6.44. The van der Waals surface area contributed by atoms with E-state index in [1.165, 1.54) is 24.3 Å². The zero-order valence-corrected chi connectivity index (χ0v) is 15.3. The Morgan fingerprint density at radius 2 is 1.59 bits per heavy atom. The Morgan fingerprint density at radius 3 is 2.34 bits per heavy atom. The maximum Gasteiger partial charge on any atom is 0.338 e. The lowest BCUT2D eigenvalue weighted by molar-refractivity contribution is 0.0474. The monoisotopic (exact) mass is 389 g/mol. The van der Waals surface area contributed by atoms with Crippen molar-refractivity contribution in [2.24, 2.45) is 0 Å². The number of ketones is 1. The Morgan fingerprint density at radius 1 is 0.897 bits per heavy atom. The van der Waals surface area contributed by atoms with Gasteiger partial charge < -0.3 is 4.74 Å². The van der Waals surface area contributed by atoms with E-state index in [0.717, 1.165) is 16.6 Å². The smallest absolute Gasteiger partial charge is 0.338 e. The number of benzene rings is 3. The third-order valence-corrected chi connectivity index (χ3v) is 4.44. The molecule has 0 bridgehead atoms. The molecule has 0 atom stereocenters. The minimum Gasteiger partial charge on any atom is -0.454 e. The molecule has 0 unspecified atom stereocenters. The SMILES string of the molecule is O=C(COC(=O)c1ccc(Cn2nnc3ccccc32)cc1)c1ccc(F)cc1. The molecule has 4 aromatic rings. The lowest BCUT2D eigenvalue weighted by Crippen LogP contribution is -2.14. The molecule has 144 valence electrons. The van der Waals surface area contributed by atoms with Gasteiger partial charge in [-0.3, -0.25) is 4.79 Å². The van der Waals surface area contributed by atoms with Gasteiger partial charge in [-0.1, -0.05) is 29.5 Å². The summed E-state index contributed by atoms with van der Waals surface area (Å²) in [6.45, 7) is 0.107. The van der Waals surface area contributed by atoms with Crippen molar-refractivity contribution in [2.75, 3.05) is 6.61 Å². The number of carbonyl (C=O) groups excluding carboxylic acids is 2. The van der Waals surface area contributed by atoms with E-state index in [-0.39, 0.29) is 5.56 Å². The van der Waals surface area contributed by atoms with Crippen molar-refractivity contribution >= 4 is 22.8 Å². The van der Waals surface area contributed by atoms with Crippen molar-refractivity contribution in [3.8, 4) is 0 Å². The van der Waals surface area contributed by atoms with Crippen LogP contribution in [0, 0.1) is 5.82 Å². The Bertz CT molecular complexity index is 1170. The summed E-state index contributed by atoms with van der Waals surface area (Å²) in [7, 11) is 0. The molecule has 7 heteroatoms. The molecule has 1 heterocycles. The fourth-order valence-corrected chi connectivity index (χ4v) is 2.89. The molecule has 0 aliphatic carbocycles. The molecule has 0 saturated carbocycles. The van der Waals surface area contributed by atoms with Crippen molar-refractivity contribution in [3.63, 3.8) is 0 Å². The number of halogens is 1. The van der Waals surface area contributed by atoms with E-state index in [0.29, 0.717) is 12.1 Å². The molecule has 4 rings (SSSR count). The van der Waals surface area contributed by atoms with Gasteiger partial charge in [-0.05, 0) is 54.1 Å². The van der Waals surface area contributed by atoms with Gasteiger partial charge in [0, 0.05) is 5.56 Å². The Balaban J connectivity index is 1.37. The first kappa shape index (κ1) is 18.5. The van der Waals surface area contributed by atoms with Gasteiger partial charge in [0.15, 0.2) is 12.4 Å². The van der Waals surface area contributed by atoms with Crippen LogP contribution in [0.3, 0.4) is 0 Å². The van der Waals surface area contributed by atoms with Gasteiger partial charge >= 0.3 is 5.97 Å². The van der Waals surface area contributed by atoms with Gasteiger partial charge in [0.2, 0.25) is 0 Å². The average molecular weight is 389 g/mol. The molecule has 0 radical (unpaired) electrons. The van der Waals surface area contributed by atoms with E-state index in [1.54, 1.807) is 28.9 Å². The summed E-state index contributed by atoms with van der Waals surface area (Å²) in [4.78, 5) is 24.2. The third-order valence-electron chi connectivity index (χ3n) is 4.44. The van der Waals surface area contributed by atoms with Crippen molar-refractivity contribution in [2.45, 2.75) is 6.54 Å². The van der Waals surface area contributed by atoms with E-state index in [2.05, 4.69) is 10.3 Å². The minimum atomic E-state index is -0.599. The van der Waals surface area contributed by atoms with Crippen LogP contribution in [0.1, 0.15) is 26.3 Å². The third kappa shape index (κ3) is 4.19. The number of para-hydroxylation sites is 1. The number of carbonyl (C=O) groups is 2. The number of fused-ring (bicyclic) bond motifs is 1. The van der Waals surface area contributed by atoms with Crippen molar-refractivity contribution in [1.29, 1.82) is 0 Å². The molecule has 0 aliphatic heterocycles. The van der Waals surface area contributed by atoms with Crippen LogP contribution in [0.4, 0.5) is 4.39 Å². The zero-order valence-electron chi connectivity index (χ0n) is 15.3. The van der Waals surface area contributed by atoms with Crippen LogP contribution in [0.2, 0.25) is 0 Å². The maximum absolute atomic E-state index is 12.9. The van der Waals surface area contributed by atoms with Crippen LogP contribution < -0.4 is 0 Å². The summed E-state index contributed by atoms with van der Waals surface area (Å²) in [5, 5.41) is 8.26. The molecule has 3 aromatic carbocycles. The number of aromatic nitrogens is 3. The van der Waals surface area contributed by atoms with Crippen LogP contribution in [0.15, 0.2) is 72.8 Å². The molecule has 29 heavy (non-hydrogen) atoms. The maximum atomic E-state index is 12.9. The van der Waals surface area contributed by atoms with Crippen LogP contribution in [0.25, 0.3) is 11.0 Å². The molecule has 0 amide bonds. The standard InChI is InChI=1S/C22H16FN3O3/c23-18-11-9-16(10-12-18)21(27)14-29-22(28)17-7-5-15(6-8-17)13-26-20-4-2-1-3-19(20)24-25-26/h1-12H,13-14H2. The first-order valence-corrected chi connectivity index (χ1v) is 8.93. The predicted octanol–water partition coefficient (Wildman–Crippen LogP) is 3.66. The Hall–Kier alpha value is -3.87. The molecule has 0 aliphatic rings. The van der Waals surface area contributed by atoms with Crippen LogP contribution >= 0.6 is 0 Å². The number of nitrogens with zero attached hydrogens (tertiary/aromatic N) is 3. The van der Waals surface area contributed by atoms with Crippen molar-refractivity contribution in [3.05, 3.63) is 95.3 Å². The van der Waals surface area contributed by atoms with Gasteiger partial charge in [-0.15, -0.1) is 5.10 Å². The summed E-state index contributed by atoms with van der Waals surface area (Å²) >= 11 is 0. The van der Waals surface area contributed by atoms with Crippen LogP contribution in [-0.2, 0) is 11.3 Å². The number of Topliss-reactive ketones (excluding diaryl/α,β-unsaturated/α-hetero) is 1. The highest BCUT2D eigenvalue weighted by molar-refractivity contribution is 5.99. The summed E-state index contributed by atoms with van der Waals surface area (Å²) < 4.78 is 19.8. The van der Waals surface area contributed by atoms with Gasteiger partial charge in [0.05, 0.1) is 17.6 Å². The summed E-state index contributed by atoms with van der Waals surface area (Å²) in [5.41, 5.74) is 3.31. The first-order valence-electron chi connectivity index (χ1n) is 8.93. The lowest BCUT2D eigenvalue weighted by Gasteiger charge is -2.06. The number of hydrogen-bond acceptors (Lipinski definition) is 5. The van der Waals surface area contributed by atoms with E-state index >= 15 is 0 Å². The highest BCUT2D eigenvalue weighted by Gasteiger charge is 2.12. The zero-order chi connectivity index (χ0) is 20.2. The molecule has 0 spiro atoms. The Labute approximate surface area is 165 Å². The number of ether oxygens (including phenoxy) is 1. The highest BCUT2D eigenvalue weighted by Crippen LogP contribution is 2.13. The molecule has 0 fully saturated rings. The summed E-state index contributed by atoms with van der Waals surface area (Å²) in [6, 6.07) is 19.6. The lowest BCUT2D eigenvalue weighted by atomic mass is 10.1. The molecule has 0 N–H and O–H groups in total. The van der Waals surface area contributed by atoms with E-state index < -0.39 is 24.2 Å². The first-order chi connectivity index (χ1) is 14.1. The molecule has 6 nitrogen and oxygen atoms in total. The van der Waals surface area contributed by atoms with Crippen molar-refractivity contribution < 1.29 is 18.7 Å². The molecular weight excluding hydrogens is 373 g/mol. The summed E-state index contributed by atoms with van der Waals surface area (Å²) in [6.07, 6.45) is 0. The highest BCUT2D eigenvalue weighted by atomic mass is 19.1. The van der Waals surface area contributed by atoms with E-state index in [4.69, 9.17) is 4.74 Å². The Kier molecular flexibility index (Phi) is 5.11. The minimum absolute atomic E-state index is 0.287. The van der Waals surface area contributed by atoms with Gasteiger partial charge in [-0.25, -0.2) is 13.9 Å². The normalized spacial score (nSPS) is 10.8. The fraction of sp³-hybridized carbons (Fsp3) is 0.0909. The second-order valence-electron chi connectivity index (χ2n) is 6.44. The van der Waals surface area contributed by atoms with E-state index in [9.17, 15) is 14.0 Å². The molecular formula is C22H16FN3O3. The average Bonchev–Trinajstić information content (AvgIpc) is 3.16. The summed E-state index contributed by atoms with van der Waals surface area (Å²) in [5.74, 6) is -1.43. The fourth-order valence-electron chi connectivity index (χ4n) is 2.89. The predicted molar refractivity (Wildman–Crippen MR) is 104 cm³/mol. The number of esters is 1. The largest absolute Gasteiger partial charge is 0.454 e. The van der Waals surface area contributed by atoms with Gasteiger partial charge in [0.25, 0.3) is 0 Å². The van der Waals surface area contributed by atoms with Crippen LogP contribution in [0.5, 0.6) is 0 Å². The molecule has 0 saturated heterocycles. The van der Waals surface area contributed by atoms with Crippen molar-refractivity contribution in [1.82, 2.24) is 15.0 Å². The number of rotatable bonds is 6. The quantitative estimate of drug-likeness (QED) is 0.372. The topological polar surface area (TPSA) is 74.1 Å². The van der Waals surface area contributed by atoms with E-state index in [1.807, 2.05) is 24.3 Å².